The number of nitrogens with two attached hydrogens (primary N) is 1. The van der Waals surface area contributed by atoms with E-state index < -0.39 is 5.97 Å². The number of nitrogens with one attached hydrogen (secondary N) is 1. The van der Waals surface area contributed by atoms with Crippen molar-refractivity contribution in [1.29, 1.82) is 0 Å². The van der Waals surface area contributed by atoms with Crippen molar-refractivity contribution >= 4 is 17.5 Å². The van der Waals surface area contributed by atoms with Gasteiger partial charge in [0.2, 0.25) is 0 Å². The van der Waals surface area contributed by atoms with Gasteiger partial charge in [-0.25, -0.2) is 9.78 Å². The van der Waals surface area contributed by atoms with Gasteiger partial charge in [0.05, 0.1) is 17.4 Å². The molecule has 0 aliphatic carbocycles. The van der Waals surface area contributed by atoms with Gasteiger partial charge in [-0.2, -0.15) is 0 Å². The zero-order chi connectivity index (χ0) is 14.5. The molecule has 0 radical (unpaired) electrons. The molecule has 4 N–H and O–H groups in total. The van der Waals surface area contributed by atoms with Crippen LogP contribution in [-0.4, -0.2) is 36.3 Å². The number of ether oxygens (including phenoxy) is 1. The molecule has 1 heterocycles. The van der Waals surface area contributed by atoms with Gasteiger partial charge in [-0.3, -0.25) is 0 Å². The summed E-state index contributed by atoms with van der Waals surface area (Å²) in [6, 6.07) is 1.45. The Morgan fingerprint density at radius 1 is 1.58 bits per heavy atom. The first-order valence-corrected chi connectivity index (χ1v) is 6.07. The van der Waals surface area contributed by atoms with Gasteiger partial charge in [0.1, 0.15) is 5.82 Å². The lowest BCUT2D eigenvalue weighted by molar-refractivity contribution is 0.0698. The molecule has 1 aromatic rings. The summed E-state index contributed by atoms with van der Waals surface area (Å²) in [5.74, 6) is -0.543. The minimum absolute atomic E-state index is 0.0302. The number of anilines is 2. The van der Waals surface area contributed by atoms with Crippen molar-refractivity contribution in [2.75, 3.05) is 31.3 Å². The number of methoxy groups -OCH3 is 1. The van der Waals surface area contributed by atoms with Crippen LogP contribution in [0.4, 0.5) is 11.5 Å². The molecule has 0 aromatic carbocycles. The van der Waals surface area contributed by atoms with E-state index in [4.69, 9.17) is 15.6 Å². The van der Waals surface area contributed by atoms with Crippen LogP contribution in [0.1, 0.15) is 30.6 Å². The van der Waals surface area contributed by atoms with E-state index in [2.05, 4.69) is 24.1 Å². The number of carbonyl (C=O) groups is 1. The molecule has 6 heteroatoms. The van der Waals surface area contributed by atoms with Gasteiger partial charge in [0.15, 0.2) is 0 Å². The molecule has 0 fully saturated rings. The fourth-order valence-corrected chi connectivity index (χ4v) is 1.54. The van der Waals surface area contributed by atoms with Crippen molar-refractivity contribution in [3.05, 3.63) is 17.8 Å². The summed E-state index contributed by atoms with van der Waals surface area (Å²) in [4.78, 5) is 15.0. The van der Waals surface area contributed by atoms with Crippen LogP contribution in [0, 0.1) is 5.41 Å². The largest absolute Gasteiger partial charge is 0.478 e. The van der Waals surface area contributed by atoms with Crippen LogP contribution in [0.25, 0.3) is 0 Å². The normalized spacial score (nSPS) is 11.3. The maximum absolute atomic E-state index is 11.0. The highest BCUT2D eigenvalue weighted by Crippen LogP contribution is 2.22. The van der Waals surface area contributed by atoms with Crippen LogP contribution in [0.5, 0.6) is 0 Å². The van der Waals surface area contributed by atoms with Gasteiger partial charge in [0.25, 0.3) is 0 Å². The van der Waals surface area contributed by atoms with E-state index in [-0.39, 0.29) is 16.7 Å². The van der Waals surface area contributed by atoms with Crippen LogP contribution < -0.4 is 11.1 Å². The Morgan fingerprint density at radius 2 is 2.26 bits per heavy atom. The van der Waals surface area contributed by atoms with Gasteiger partial charge in [-0.1, -0.05) is 13.8 Å². The molecule has 0 saturated carbocycles. The molecule has 0 saturated heterocycles. The molecule has 0 aliphatic rings. The number of hydrogen-bond donors (Lipinski definition) is 3. The van der Waals surface area contributed by atoms with Gasteiger partial charge in [-0.05, 0) is 17.9 Å². The third-order valence-electron chi connectivity index (χ3n) is 2.90. The van der Waals surface area contributed by atoms with Crippen molar-refractivity contribution in [2.45, 2.75) is 20.3 Å². The summed E-state index contributed by atoms with van der Waals surface area (Å²) in [5.41, 5.74) is 5.81. The highest BCUT2D eigenvalue weighted by molar-refractivity contribution is 5.94. The van der Waals surface area contributed by atoms with E-state index in [1.54, 1.807) is 7.11 Å². The molecule has 1 aromatic heterocycles. The smallest absolute Gasteiger partial charge is 0.337 e. The third-order valence-corrected chi connectivity index (χ3v) is 2.90. The fraction of sp³-hybridized carbons (Fsp3) is 0.538. The summed E-state index contributed by atoms with van der Waals surface area (Å²) in [7, 11) is 1.67. The maximum atomic E-state index is 11.0. The van der Waals surface area contributed by atoms with E-state index >= 15 is 0 Å². The van der Waals surface area contributed by atoms with Crippen molar-refractivity contribution in [1.82, 2.24) is 4.98 Å². The maximum Gasteiger partial charge on any atom is 0.337 e. The number of aromatic nitrogens is 1. The molecule has 0 amide bonds. The minimum atomic E-state index is -1.05. The Kier molecular flexibility index (Phi) is 5.11. The molecular formula is C13H21N3O3. The summed E-state index contributed by atoms with van der Waals surface area (Å²) >= 11 is 0. The van der Waals surface area contributed by atoms with Gasteiger partial charge < -0.3 is 20.9 Å². The fourth-order valence-electron chi connectivity index (χ4n) is 1.54. The molecule has 0 atom stereocenters. The topological polar surface area (TPSA) is 97.5 Å². The zero-order valence-electron chi connectivity index (χ0n) is 11.6. The van der Waals surface area contributed by atoms with Gasteiger partial charge in [0, 0.05) is 20.3 Å². The molecule has 0 bridgehead atoms. The summed E-state index contributed by atoms with van der Waals surface area (Å²) in [6.45, 7) is 5.57. The predicted octanol–water partition coefficient (Wildman–Crippen LogP) is 1.84. The highest BCUT2D eigenvalue weighted by Gasteiger charge is 2.18. The third kappa shape index (κ3) is 4.75. The van der Waals surface area contributed by atoms with Gasteiger partial charge >= 0.3 is 5.97 Å². The van der Waals surface area contributed by atoms with Crippen LogP contribution in [-0.2, 0) is 4.74 Å². The Morgan fingerprint density at radius 3 is 2.84 bits per heavy atom. The SMILES string of the molecule is COCCC(C)(C)CNc1cc(C(=O)O)c(N)cn1. The average Bonchev–Trinajstić information content (AvgIpc) is 2.35. The van der Waals surface area contributed by atoms with E-state index in [1.807, 2.05) is 0 Å². The van der Waals surface area contributed by atoms with E-state index in [1.165, 1.54) is 12.3 Å². The number of nitrogens with zero attached hydrogens (tertiary/aromatic N) is 1. The Bertz CT molecular complexity index is 447. The lowest BCUT2D eigenvalue weighted by atomic mass is 9.90. The number of carboxylic acids is 1. The Balaban J connectivity index is 2.68. The van der Waals surface area contributed by atoms with E-state index in [9.17, 15) is 4.79 Å². The van der Waals surface area contributed by atoms with Crippen molar-refractivity contribution in [3.8, 4) is 0 Å². The minimum Gasteiger partial charge on any atom is -0.478 e. The first-order chi connectivity index (χ1) is 8.85. The highest BCUT2D eigenvalue weighted by atomic mass is 16.5. The molecule has 19 heavy (non-hydrogen) atoms. The summed E-state index contributed by atoms with van der Waals surface area (Å²) < 4.78 is 5.06. The van der Waals surface area contributed by atoms with E-state index in [0.717, 1.165) is 6.42 Å². The molecule has 0 unspecified atom stereocenters. The lowest BCUT2D eigenvalue weighted by Gasteiger charge is -2.24. The lowest BCUT2D eigenvalue weighted by Crippen LogP contribution is -2.25. The first kappa shape index (κ1) is 15.2. The standard InChI is InChI=1S/C13H21N3O3/c1-13(2,4-5-19-3)8-16-11-6-9(12(17)18)10(14)7-15-11/h6-7H,4-5,8,14H2,1-3H3,(H,15,16)(H,17,18). The van der Waals surface area contributed by atoms with Crippen LogP contribution >= 0.6 is 0 Å². The first-order valence-electron chi connectivity index (χ1n) is 6.07. The second-order valence-electron chi connectivity index (χ2n) is 5.22. The monoisotopic (exact) mass is 267 g/mol. The summed E-state index contributed by atoms with van der Waals surface area (Å²) in [5, 5.41) is 12.1. The van der Waals surface area contributed by atoms with Crippen LogP contribution in [0.15, 0.2) is 12.3 Å². The molecule has 0 spiro atoms. The van der Waals surface area contributed by atoms with Crippen molar-refractivity contribution in [3.63, 3.8) is 0 Å². The number of nitrogen functional groups attached to an aromatic ring is 1. The number of aromatic carboxylic acids is 1. The number of carboxylic acid groups (broad SMARTS) is 1. The van der Waals surface area contributed by atoms with Crippen LogP contribution in [0.3, 0.4) is 0 Å². The summed E-state index contributed by atoms with van der Waals surface area (Å²) in [6.07, 6.45) is 2.26. The second-order valence-corrected chi connectivity index (χ2v) is 5.22. The Labute approximate surface area is 113 Å². The molecule has 106 valence electrons. The zero-order valence-corrected chi connectivity index (χ0v) is 11.6. The quantitative estimate of drug-likeness (QED) is 0.697. The molecule has 1 rings (SSSR count). The predicted molar refractivity (Wildman–Crippen MR) is 74.4 cm³/mol. The average molecular weight is 267 g/mol. The molecular weight excluding hydrogens is 246 g/mol. The van der Waals surface area contributed by atoms with Gasteiger partial charge in [-0.15, -0.1) is 0 Å². The number of hydrogen-bond acceptors (Lipinski definition) is 5. The van der Waals surface area contributed by atoms with Crippen molar-refractivity contribution < 1.29 is 14.6 Å². The molecule has 0 aliphatic heterocycles. The van der Waals surface area contributed by atoms with Crippen molar-refractivity contribution in [2.24, 2.45) is 5.41 Å². The Hall–Kier alpha value is -1.82. The van der Waals surface area contributed by atoms with E-state index in [0.29, 0.717) is 19.0 Å². The number of pyridine rings is 1. The second kappa shape index (κ2) is 6.38. The van der Waals surface area contributed by atoms with Crippen LogP contribution in [0.2, 0.25) is 0 Å². The molecule has 6 nitrogen and oxygen atoms in total. The number of rotatable bonds is 7.